The molecule has 1 saturated carbocycles. The highest BCUT2D eigenvalue weighted by molar-refractivity contribution is 6.32. The first-order valence-corrected chi connectivity index (χ1v) is 10.0. The van der Waals surface area contributed by atoms with Gasteiger partial charge < -0.3 is 10.4 Å². The largest absolute Gasteiger partial charge is 0.478 e. The lowest BCUT2D eigenvalue weighted by Crippen LogP contribution is -2.09. The number of benzene rings is 2. The lowest BCUT2D eigenvalue weighted by atomic mass is 10.0. The van der Waals surface area contributed by atoms with E-state index in [1.165, 1.54) is 22.6 Å². The molecule has 0 bridgehead atoms. The van der Waals surface area contributed by atoms with Crippen molar-refractivity contribution < 1.29 is 9.90 Å². The zero-order valence-electron chi connectivity index (χ0n) is 15.9. The molecule has 5 rings (SSSR count). The van der Waals surface area contributed by atoms with Crippen molar-refractivity contribution in [1.29, 1.82) is 0 Å². The van der Waals surface area contributed by atoms with Gasteiger partial charge in [-0.2, -0.15) is 10.1 Å². The molecule has 0 unspecified atom stereocenters. The smallest absolute Gasteiger partial charge is 0.338 e. The summed E-state index contributed by atoms with van der Waals surface area (Å²) >= 11 is 6.59. The summed E-state index contributed by atoms with van der Waals surface area (Å²) < 4.78 is 1.37. The summed E-state index contributed by atoms with van der Waals surface area (Å²) in [5.41, 5.74) is 2.92. The van der Waals surface area contributed by atoms with Crippen molar-refractivity contribution in [3.05, 3.63) is 76.6 Å². The highest BCUT2D eigenvalue weighted by Crippen LogP contribution is 2.32. The Hall–Kier alpha value is -3.45. The molecule has 0 radical (unpaired) electrons. The molecule has 0 spiro atoms. The molecule has 0 amide bonds. The van der Waals surface area contributed by atoms with Gasteiger partial charge in [0.05, 0.1) is 17.3 Å². The topological polar surface area (TPSA) is 92.9 Å². The summed E-state index contributed by atoms with van der Waals surface area (Å²) in [6.45, 7) is 0. The van der Waals surface area contributed by atoms with E-state index in [-0.39, 0.29) is 5.56 Å². The molecular formula is C22H18ClN5O2. The van der Waals surface area contributed by atoms with Crippen molar-refractivity contribution >= 4 is 34.3 Å². The Morgan fingerprint density at radius 2 is 2.00 bits per heavy atom. The number of carboxylic acid groups (broad SMARTS) is 1. The third-order valence-corrected chi connectivity index (χ3v) is 5.39. The van der Waals surface area contributed by atoms with Crippen molar-refractivity contribution in [3.8, 4) is 5.95 Å². The van der Waals surface area contributed by atoms with Crippen molar-refractivity contribution in [2.75, 3.05) is 5.32 Å². The fraction of sp³-hybridized carbons (Fsp3) is 0.182. The van der Waals surface area contributed by atoms with E-state index in [2.05, 4.69) is 32.5 Å². The molecule has 0 aliphatic heterocycles. The van der Waals surface area contributed by atoms with Gasteiger partial charge in [0.2, 0.25) is 0 Å². The summed E-state index contributed by atoms with van der Waals surface area (Å²) in [4.78, 5) is 20.4. The number of carboxylic acids is 1. The minimum atomic E-state index is -1.05. The van der Waals surface area contributed by atoms with E-state index in [1.54, 1.807) is 0 Å². The Bertz CT molecular complexity index is 1250. The van der Waals surface area contributed by atoms with Crippen LogP contribution in [-0.4, -0.2) is 36.9 Å². The van der Waals surface area contributed by atoms with Crippen LogP contribution in [0.25, 0.3) is 16.9 Å². The molecule has 30 heavy (non-hydrogen) atoms. The van der Waals surface area contributed by atoms with Crippen LogP contribution in [0.4, 0.5) is 5.82 Å². The van der Waals surface area contributed by atoms with Crippen molar-refractivity contribution in [3.63, 3.8) is 0 Å². The Balaban J connectivity index is 1.61. The van der Waals surface area contributed by atoms with Crippen LogP contribution in [0.1, 0.15) is 34.3 Å². The Morgan fingerprint density at radius 1 is 1.20 bits per heavy atom. The number of nitrogens with one attached hydrogen (secondary N) is 1. The normalized spacial score (nSPS) is 13.5. The summed E-state index contributed by atoms with van der Waals surface area (Å²) in [6, 6.07) is 14.4. The second kappa shape index (κ2) is 7.42. The SMILES string of the molecule is O=C(O)c1cnn(-c2nc(NC3CC3)c3cc(Cc4ccccc4)c(Cl)cc3n2)c1. The summed E-state index contributed by atoms with van der Waals surface area (Å²) in [7, 11) is 0. The van der Waals surface area contributed by atoms with Gasteiger partial charge in [0.15, 0.2) is 0 Å². The van der Waals surface area contributed by atoms with Gasteiger partial charge in [0.25, 0.3) is 5.95 Å². The number of nitrogens with zero attached hydrogens (tertiary/aromatic N) is 4. The van der Waals surface area contributed by atoms with E-state index in [0.717, 1.165) is 23.8 Å². The molecule has 150 valence electrons. The van der Waals surface area contributed by atoms with Crippen LogP contribution in [0.15, 0.2) is 54.9 Å². The first-order chi connectivity index (χ1) is 14.6. The van der Waals surface area contributed by atoms with Gasteiger partial charge in [-0.25, -0.2) is 14.5 Å². The standard InChI is InChI=1S/C22H18ClN5O2/c23-18-10-19-17(9-14(18)8-13-4-2-1-3-5-13)20(25-16-6-7-16)27-22(26-19)28-12-15(11-24-28)21(29)30/h1-5,9-12,16H,6-8H2,(H,29,30)(H,25,26,27). The molecule has 1 aliphatic rings. The van der Waals surface area contributed by atoms with Crippen LogP contribution in [0, 0.1) is 0 Å². The maximum atomic E-state index is 11.2. The van der Waals surface area contributed by atoms with Gasteiger partial charge in [0, 0.05) is 22.6 Å². The van der Waals surface area contributed by atoms with E-state index in [0.29, 0.717) is 34.8 Å². The zero-order chi connectivity index (χ0) is 20.7. The second-order valence-corrected chi connectivity index (χ2v) is 7.80. The molecular weight excluding hydrogens is 402 g/mol. The number of fused-ring (bicyclic) bond motifs is 1. The van der Waals surface area contributed by atoms with Gasteiger partial charge in [-0.3, -0.25) is 0 Å². The maximum absolute atomic E-state index is 11.2. The van der Waals surface area contributed by atoms with Gasteiger partial charge in [0.1, 0.15) is 5.82 Å². The molecule has 0 atom stereocenters. The van der Waals surface area contributed by atoms with Crippen LogP contribution >= 0.6 is 11.6 Å². The highest BCUT2D eigenvalue weighted by atomic mass is 35.5. The number of aromatic nitrogens is 4. The molecule has 2 N–H and O–H groups in total. The molecule has 0 saturated heterocycles. The third-order valence-electron chi connectivity index (χ3n) is 5.04. The molecule has 7 nitrogen and oxygen atoms in total. The quantitative estimate of drug-likeness (QED) is 0.483. The monoisotopic (exact) mass is 419 g/mol. The average molecular weight is 420 g/mol. The van der Waals surface area contributed by atoms with Crippen LogP contribution in [-0.2, 0) is 6.42 Å². The number of hydrogen-bond donors (Lipinski definition) is 2. The number of halogens is 1. The lowest BCUT2D eigenvalue weighted by Gasteiger charge is -2.13. The number of rotatable bonds is 6. The molecule has 2 aromatic heterocycles. The number of hydrogen-bond acceptors (Lipinski definition) is 5. The molecule has 4 aromatic rings. The number of anilines is 1. The Kier molecular flexibility index (Phi) is 4.59. The van der Waals surface area contributed by atoms with Crippen molar-refractivity contribution in [2.45, 2.75) is 25.3 Å². The van der Waals surface area contributed by atoms with E-state index in [4.69, 9.17) is 16.7 Å². The maximum Gasteiger partial charge on any atom is 0.338 e. The fourth-order valence-electron chi connectivity index (χ4n) is 3.31. The first kappa shape index (κ1) is 18.6. The molecule has 1 fully saturated rings. The van der Waals surface area contributed by atoms with Gasteiger partial charge in [-0.1, -0.05) is 41.9 Å². The van der Waals surface area contributed by atoms with Gasteiger partial charge in [-0.05, 0) is 42.5 Å². The molecule has 8 heteroatoms. The predicted octanol–water partition coefficient (Wildman–Crippen LogP) is 4.33. The molecule has 2 heterocycles. The lowest BCUT2D eigenvalue weighted by molar-refractivity contribution is 0.0697. The van der Waals surface area contributed by atoms with Crippen LogP contribution in [0.3, 0.4) is 0 Å². The summed E-state index contributed by atoms with van der Waals surface area (Å²) in [5, 5.41) is 18.2. The van der Waals surface area contributed by atoms with Crippen molar-refractivity contribution in [2.24, 2.45) is 0 Å². The Labute approximate surface area is 177 Å². The van der Waals surface area contributed by atoms with Crippen LogP contribution < -0.4 is 5.32 Å². The number of carbonyl (C=O) groups is 1. The van der Waals surface area contributed by atoms with E-state index >= 15 is 0 Å². The second-order valence-electron chi connectivity index (χ2n) is 7.39. The summed E-state index contributed by atoms with van der Waals surface area (Å²) in [6.07, 6.45) is 5.57. The molecule has 1 aliphatic carbocycles. The van der Waals surface area contributed by atoms with Gasteiger partial charge in [-0.15, -0.1) is 0 Å². The summed E-state index contributed by atoms with van der Waals surface area (Å²) in [5.74, 6) is -0.0483. The minimum Gasteiger partial charge on any atom is -0.478 e. The first-order valence-electron chi connectivity index (χ1n) is 9.66. The van der Waals surface area contributed by atoms with Gasteiger partial charge >= 0.3 is 5.97 Å². The average Bonchev–Trinajstić information content (AvgIpc) is 3.40. The van der Waals surface area contributed by atoms with E-state index in [1.807, 2.05) is 30.3 Å². The Morgan fingerprint density at radius 3 is 2.70 bits per heavy atom. The van der Waals surface area contributed by atoms with E-state index < -0.39 is 5.97 Å². The van der Waals surface area contributed by atoms with Crippen LogP contribution in [0.2, 0.25) is 5.02 Å². The van der Waals surface area contributed by atoms with Crippen molar-refractivity contribution in [1.82, 2.24) is 19.7 Å². The fourth-order valence-corrected chi connectivity index (χ4v) is 3.53. The van der Waals surface area contributed by atoms with E-state index in [9.17, 15) is 4.79 Å². The highest BCUT2D eigenvalue weighted by Gasteiger charge is 2.24. The number of aromatic carboxylic acids is 1. The molecule has 2 aromatic carbocycles. The minimum absolute atomic E-state index is 0.0756. The van der Waals surface area contributed by atoms with Crippen LogP contribution in [0.5, 0.6) is 0 Å². The third kappa shape index (κ3) is 3.71. The zero-order valence-corrected chi connectivity index (χ0v) is 16.7. The predicted molar refractivity (Wildman–Crippen MR) is 115 cm³/mol.